The molecule has 5 heteroatoms. The monoisotopic (exact) mass is 314 g/mol. The molecule has 0 bridgehead atoms. The first-order chi connectivity index (χ1) is 10.5. The first-order valence-electron chi connectivity index (χ1n) is 8.20. The van der Waals surface area contributed by atoms with Gasteiger partial charge in [-0.15, -0.1) is 0 Å². The maximum absolute atomic E-state index is 12.7. The summed E-state index contributed by atoms with van der Waals surface area (Å²) in [5, 5.41) is 6.64. The molecule has 1 aliphatic heterocycles. The molecule has 124 valence electrons. The van der Waals surface area contributed by atoms with E-state index in [9.17, 15) is 13.2 Å². The lowest BCUT2D eigenvalue weighted by molar-refractivity contribution is -0.137. The molecule has 0 amide bonds. The Labute approximate surface area is 130 Å². The Balaban J connectivity index is 0.000000847. The van der Waals surface area contributed by atoms with Gasteiger partial charge in [-0.3, -0.25) is 0 Å². The molecular formula is C17H25F3N2. The van der Waals surface area contributed by atoms with Crippen molar-refractivity contribution in [3.63, 3.8) is 0 Å². The predicted octanol–water partition coefficient (Wildman–Crippen LogP) is 4.81. The summed E-state index contributed by atoms with van der Waals surface area (Å²) in [7, 11) is 0. The summed E-state index contributed by atoms with van der Waals surface area (Å²) in [5.74, 6) is 0.882. The minimum atomic E-state index is -4.27. The maximum atomic E-state index is 12.7. The van der Waals surface area contributed by atoms with Gasteiger partial charge in [0, 0.05) is 24.8 Å². The van der Waals surface area contributed by atoms with E-state index in [-0.39, 0.29) is 0 Å². The fraction of sp³-hybridized carbons (Fsp3) is 0.647. The van der Waals surface area contributed by atoms with Crippen LogP contribution in [0.4, 0.5) is 18.9 Å². The molecule has 1 saturated carbocycles. The van der Waals surface area contributed by atoms with E-state index in [1.54, 1.807) is 6.07 Å². The van der Waals surface area contributed by atoms with Crippen LogP contribution in [0.2, 0.25) is 0 Å². The van der Waals surface area contributed by atoms with E-state index < -0.39 is 11.7 Å². The molecule has 22 heavy (non-hydrogen) atoms. The zero-order valence-corrected chi connectivity index (χ0v) is 13.3. The molecule has 2 N–H and O–H groups in total. The number of halogens is 3. The van der Waals surface area contributed by atoms with E-state index in [0.717, 1.165) is 30.6 Å². The Bertz CT molecular complexity index is 481. The number of hydrogen-bond donors (Lipinski definition) is 2. The summed E-state index contributed by atoms with van der Waals surface area (Å²) in [5.41, 5.74) is 0.967. The van der Waals surface area contributed by atoms with Crippen molar-refractivity contribution in [2.45, 2.75) is 58.3 Å². The second-order valence-electron chi connectivity index (χ2n) is 5.86. The molecule has 1 atom stereocenters. The van der Waals surface area contributed by atoms with Gasteiger partial charge in [0.1, 0.15) is 0 Å². The van der Waals surface area contributed by atoms with Crippen LogP contribution in [0.5, 0.6) is 0 Å². The molecule has 3 rings (SSSR count). The van der Waals surface area contributed by atoms with Crippen LogP contribution in [0.15, 0.2) is 18.2 Å². The summed E-state index contributed by atoms with van der Waals surface area (Å²) in [4.78, 5) is 0. The quantitative estimate of drug-likeness (QED) is 0.837. The molecule has 1 aromatic carbocycles. The minimum Gasteiger partial charge on any atom is -0.381 e. The van der Waals surface area contributed by atoms with Gasteiger partial charge in [-0.1, -0.05) is 26.7 Å². The van der Waals surface area contributed by atoms with E-state index >= 15 is 0 Å². The normalized spacial score (nSPS) is 21.0. The number of fused-ring (bicyclic) bond motifs is 1. The van der Waals surface area contributed by atoms with Gasteiger partial charge < -0.3 is 10.6 Å². The van der Waals surface area contributed by atoms with E-state index in [2.05, 4.69) is 10.6 Å². The lowest BCUT2D eigenvalue weighted by atomic mass is 10.1. The Morgan fingerprint density at radius 2 is 1.86 bits per heavy atom. The summed E-state index contributed by atoms with van der Waals surface area (Å²) >= 11 is 0. The lowest BCUT2D eigenvalue weighted by Crippen LogP contribution is -2.29. The molecule has 1 heterocycles. The summed E-state index contributed by atoms with van der Waals surface area (Å²) in [6, 6.07) is 4.29. The van der Waals surface area contributed by atoms with Crippen molar-refractivity contribution in [1.29, 1.82) is 0 Å². The highest BCUT2D eigenvalue weighted by Gasteiger charge is 2.31. The minimum absolute atomic E-state index is 0.314. The fourth-order valence-electron chi connectivity index (χ4n) is 2.73. The van der Waals surface area contributed by atoms with Gasteiger partial charge in [-0.05, 0) is 42.5 Å². The van der Waals surface area contributed by atoms with E-state index in [0.29, 0.717) is 18.2 Å². The standard InChI is InChI=1S/C15H19F3N2.C2H6/c16-15(17,18)12-4-6-14-11(7-12)8-19-9-13(20-14)5-3-10-1-2-10;1-2/h4,6-7,10,13,19-20H,1-3,5,8-9H2;1-2H3. The van der Waals surface area contributed by atoms with Crippen molar-refractivity contribution in [1.82, 2.24) is 5.32 Å². The van der Waals surface area contributed by atoms with Crippen LogP contribution in [-0.4, -0.2) is 12.6 Å². The van der Waals surface area contributed by atoms with Gasteiger partial charge in [0.05, 0.1) is 5.56 Å². The van der Waals surface area contributed by atoms with Crippen LogP contribution in [0.3, 0.4) is 0 Å². The third kappa shape index (κ3) is 4.63. The van der Waals surface area contributed by atoms with Gasteiger partial charge in [0.25, 0.3) is 0 Å². The highest BCUT2D eigenvalue weighted by molar-refractivity contribution is 5.54. The Morgan fingerprint density at radius 3 is 2.50 bits per heavy atom. The predicted molar refractivity (Wildman–Crippen MR) is 83.9 cm³/mol. The highest BCUT2D eigenvalue weighted by Crippen LogP contribution is 2.35. The Hall–Kier alpha value is -1.23. The smallest absolute Gasteiger partial charge is 0.381 e. The zero-order chi connectivity index (χ0) is 16.2. The van der Waals surface area contributed by atoms with Crippen LogP contribution < -0.4 is 10.6 Å². The van der Waals surface area contributed by atoms with Crippen molar-refractivity contribution >= 4 is 5.69 Å². The highest BCUT2D eigenvalue weighted by atomic mass is 19.4. The molecule has 0 spiro atoms. The van der Waals surface area contributed by atoms with Crippen LogP contribution in [0, 0.1) is 5.92 Å². The SMILES string of the molecule is CC.FC(F)(F)c1ccc2c(c1)CNCC(CCC1CC1)N2. The third-order valence-corrected chi connectivity index (χ3v) is 4.12. The molecule has 2 nitrogen and oxygen atoms in total. The second kappa shape index (κ2) is 7.36. The first-order valence-corrected chi connectivity index (χ1v) is 8.20. The maximum Gasteiger partial charge on any atom is 0.416 e. The summed E-state index contributed by atoms with van der Waals surface area (Å²) in [6.45, 7) is 5.30. The zero-order valence-electron chi connectivity index (χ0n) is 13.3. The van der Waals surface area contributed by atoms with Gasteiger partial charge in [0.15, 0.2) is 0 Å². The average molecular weight is 314 g/mol. The van der Waals surface area contributed by atoms with E-state index in [1.807, 2.05) is 13.8 Å². The Morgan fingerprint density at radius 1 is 1.14 bits per heavy atom. The van der Waals surface area contributed by atoms with Crippen molar-refractivity contribution in [2.24, 2.45) is 5.92 Å². The topological polar surface area (TPSA) is 24.1 Å². The van der Waals surface area contributed by atoms with Crippen molar-refractivity contribution < 1.29 is 13.2 Å². The average Bonchev–Trinajstić information content (AvgIpc) is 3.32. The van der Waals surface area contributed by atoms with Gasteiger partial charge in [-0.25, -0.2) is 0 Å². The summed E-state index contributed by atoms with van der Waals surface area (Å²) < 4.78 is 38.1. The number of nitrogens with one attached hydrogen (secondary N) is 2. The number of benzene rings is 1. The van der Waals surface area contributed by atoms with Gasteiger partial charge in [-0.2, -0.15) is 13.2 Å². The van der Waals surface area contributed by atoms with Crippen molar-refractivity contribution in [3.05, 3.63) is 29.3 Å². The molecule has 2 aliphatic rings. The third-order valence-electron chi connectivity index (χ3n) is 4.12. The van der Waals surface area contributed by atoms with Gasteiger partial charge in [0.2, 0.25) is 0 Å². The van der Waals surface area contributed by atoms with Crippen molar-refractivity contribution in [3.8, 4) is 0 Å². The fourth-order valence-corrected chi connectivity index (χ4v) is 2.73. The molecular weight excluding hydrogens is 289 g/mol. The van der Waals surface area contributed by atoms with Crippen LogP contribution >= 0.6 is 0 Å². The van der Waals surface area contributed by atoms with E-state index in [4.69, 9.17) is 0 Å². The number of rotatable bonds is 3. The molecule has 0 aromatic heterocycles. The number of hydrogen-bond acceptors (Lipinski definition) is 2. The number of alkyl halides is 3. The molecule has 1 fully saturated rings. The molecule has 0 saturated heterocycles. The first kappa shape index (κ1) is 17.1. The van der Waals surface area contributed by atoms with Crippen LogP contribution in [-0.2, 0) is 12.7 Å². The molecule has 1 unspecified atom stereocenters. The van der Waals surface area contributed by atoms with Crippen molar-refractivity contribution in [2.75, 3.05) is 11.9 Å². The molecule has 0 radical (unpaired) electrons. The lowest BCUT2D eigenvalue weighted by Gasteiger charge is -2.18. The van der Waals surface area contributed by atoms with E-state index in [1.165, 1.54) is 25.3 Å². The summed E-state index contributed by atoms with van der Waals surface area (Å²) in [6.07, 6.45) is 0.706. The second-order valence-corrected chi connectivity index (χ2v) is 5.86. The van der Waals surface area contributed by atoms with Crippen LogP contribution in [0.25, 0.3) is 0 Å². The molecule has 1 aliphatic carbocycles. The van der Waals surface area contributed by atoms with Gasteiger partial charge >= 0.3 is 6.18 Å². The number of anilines is 1. The Kier molecular flexibility index (Phi) is 5.73. The molecule has 1 aromatic rings. The largest absolute Gasteiger partial charge is 0.416 e. The van der Waals surface area contributed by atoms with Crippen LogP contribution in [0.1, 0.15) is 50.7 Å².